The smallest absolute Gasteiger partial charge is 0.337 e. The zero-order valence-corrected chi connectivity index (χ0v) is 20.3. The number of sulfonamides is 1. The lowest BCUT2D eigenvalue weighted by atomic mass is 10.2. The van der Waals surface area contributed by atoms with Crippen molar-refractivity contribution in [2.75, 3.05) is 23.0 Å². The Morgan fingerprint density at radius 2 is 1.59 bits per heavy atom. The topological polar surface area (TPSA) is 102 Å². The van der Waals surface area contributed by atoms with Crippen LogP contribution in [0.1, 0.15) is 17.3 Å². The van der Waals surface area contributed by atoms with Gasteiger partial charge in [-0.15, -0.1) is 0 Å². The number of halogens is 1. The quantitative estimate of drug-likeness (QED) is 0.447. The highest BCUT2D eigenvalue weighted by Crippen LogP contribution is 2.28. The van der Waals surface area contributed by atoms with Crippen LogP contribution in [0.15, 0.2) is 72.8 Å². The average molecular weight is 503 g/mol. The maximum Gasteiger partial charge on any atom is 0.337 e. The van der Waals surface area contributed by atoms with Crippen molar-refractivity contribution in [1.82, 2.24) is 0 Å². The first kappa shape index (κ1) is 25.1. The number of ether oxygens (including phenoxy) is 2. The van der Waals surface area contributed by atoms with Gasteiger partial charge < -0.3 is 14.8 Å². The van der Waals surface area contributed by atoms with E-state index in [1.807, 2.05) is 18.2 Å². The molecule has 0 saturated heterocycles. The molecule has 178 valence electrons. The lowest BCUT2D eigenvalue weighted by molar-refractivity contribution is -0.116. The van der Waals surface area contributed by atoms with E-state index in [9.17, 15) is 18.0 Å². The van der Waals surface area contributed by atoms with E-state index in [0.29, 0.717) is 11.5 Å². The Kier molecular flexibility index (Phi) is 7.80. The van der Waals surface area contributed by atoms with Crippen LogP contribution in [0.5, 0.6) is 11.5 Å². The van der Waals surface area contributed by atoms with E-state index in [0.717, 1.165) is 10.6 Å². The van der Waals surface area contributed by atoms with Gasteiger partial charge in [-0.05, 0) is 61.5 Å². The number of anilines is 2. The Bertz CT molecular complexity index is 1280. The van der Waals surface area contributed by atoms with Gasteiger partial charge in [-0.1, -0.05) is 29.8 Å². The van der Waals surface area contributed by atoms with Gasteiger partial charge in [0, 0.05) is 0 Å². The van der Waals surface area contributed by atoms with Crippen LogP contribution < -0.4 is 14.4 Å². The molecule has 1 amide bonds. The molecule has 3 aromatic rings. The van der Waals surface area contributed by atoms with Crippen molar-refractivity contribution in [2.45, 2.75) is 13.0 Å². The first-order valence-electron chi connectivity index (χ1n) is 10.1. The number of esters is 1. The summed E-state index contributed by atoms with van der Waals surface area (Å²) in [6.45, 7) is 1.45. The van der Waals surface area contributed by atoms with E-state index in [1.54, 1.807) is 36.4 Å². The van der Waals surface area contributed by atoms with Crippen molar-refractivity contribution in [3.8, 4) is 11.5 Å². The lowest BCUT2D eigenvalue weighted by Gasteiger charge is -2.28. The Balaban J connectivity index is 1.83. The first-order valence-corrected chi connectivity index (χ1v) is 12.3. The number of nitrogens with one attached hydrogen (secondary N) is 1. The minimum atomic E-state index is -3.84. The molecule has 0 unspecified atom stereocenters. The summed E-state index contributed by atoms with van der Waals surface area (Å²) in [6.07, 6.45) is 1.01. The molecule has 0 aliphatic rings. The number of methoxy groups -OCH3 is 1. The van der Waals surface area contributed by atoms with Crippen molar-refractivity contribution in [2.24, 2.45) is 0 Å². The predicted molar refractivity (Wildman–Crippen MR) is 131 cm³/mol. The molecule has 8 nitrogen and oxygen atoms in total. The molecule has 0 bridgehead atoms. The third-order valence-electron chi connectivity index (χ3n) is 4.80. The standard InChI is InChI=1S/C24H23ClN2O6S/c1-16(23(28)26-22-15-17(24(29)32-2)9-14-21(22)25)27(34(3,30)31)18-10-12-20(13-11-18)33-19-7-5-4-6-8-19/h4-16H,1-3H3,(H,26,28)/t16-/m0/s1. The Morgan fingerprint density at radius 3 is 2.18 bits per heavy atom. The molecule has 0 aliphatic carbocycles. The van der Waals surface area contributed by atoms with Gasteiger partial charge in [-0.3, -0.25) is 9.10 Å². The maximum absolute atomic E-state index is 13.0. The number of carbonyl (C=O) groups is 2. The minimum Gasteiger partial charge on any atom is -0.465 e. The fourth-order valence-electron chi connectivity index (χ4n) is 3.20. The fourth-order valence-corrected chi connectivity index (χ4v) is 4.54. The molecule has 0 saturated carbocycles. The van der Waals surface area contributed by atoms with Gasteiger partial charge in [0.05, 0.1) is 35.3 Å². The summed E-state index contributed by atoms with van der Waals surface area (Å²) < 4.78 is 36.6. The van der Waals surface area contributed by atoms with E-state index in [1.165, 1.54) is 32.2 Å². The number of para-hydroxylation sites is 1. The van der Waals surface area contributed by atoms with Crippen molar-refractivity contribution >= 4 is 44.9 Å². The lowest BCUT2D eigenvalue weighted by Crippen LogP contribution is -2.45. The summed E-state index contributed by atoms with van der Waals surface area (Å²) in [5.74, 6) is -0.101. The molecule has 34 heavy (non-hydrogen) atoms. The summed E-state index contributed by atoms with van der Waals surface area (Å²) in [5, 5.41) is 2.77. The van der Waals surface area contributed by atoms with E-state index in [2.05, 4.69) is 10.1 Å². The van der Waals surface area contributed by atoms with Crippen LogP contribution in [-0.2, 0) is 19.6 Å². The molecule has 1 atom stereocenters. The van der Waals surface area contributed by atoms with Gasteiger partial charge in [-0.25, -0.2) is 13.2 Å². The predicted octanol–water partition coefficient (Wildman–Crippen LogP) is 4.71. The summed E-state index contributed by atoms with van der Waals surface area (Å²) in [6, 6.07) is 18.6. The van der Waals surface area contributed by atoms with Crippen LogP contribution in [0.3, 0.4) is 0 Å². The van der Waals surface area contributed by atoms with Crippen molar-refractivity contribution in [1.29, 1.82) is 0 Å². The Labute approximate surface area is 203 Å². The van der Waals surface area contributed by atoms with Gasteiger partial charge in [0.15, 0.2) is 0 Å². The molecular weight excluding hydrogens is 480 g/mol. The number of amides is 1. The zero-order valence-electron chi connectivity index (χ0n) is 18.7. The Morgan fingerprint density at radius 1 is 0.971 bits per heavy atom. The molecule has 0 aromatic heterocycles. The molecule has 3 rings (SSSR count). The molecule has 0 heterocycles. The number of hydrogen-bond acceptors (Lipinski definition) is 6. The van der Waals surface area contributed by atoms with E-state index < -0.39 is 27.9 Å². The number of nitrogens with zero attached hydrogens (tertiary/aromatic N) is 1. The molecule has 0 radical (unpaired) electrons. The van der Waals surface area contributed by atoms with Gasteiger partial charge in [-0.2, -0.15) is 0 Å². The molecule has 1 N–H and O–H groups in total. The second-order valence-electron chi connectivity index (χ2n) is 7.32. The third kappa shape index (κ3) is 6.06. The van der Waals surface area contributed by atoms with Crippen molar-refractivity contribution < 1.29 is 27.5 Å². The average Bonchev–Trinajstić information content (AvgIpc) is 2.81. The number of rotatable bonds is 8. The molecule has 0 spiro atoms. The molecule has 0 aliphatic heterocycles. The van der Waals surface area contributed by atoms with Crippen LogP contribution in [-0.4, -0.2) is 39.7 Å². The Hall–Kier alpha value is -3.56. The third-order valence-corrected chi connectivity index (χ3v) is 6.38. The number of carbonyl (C=O) groups excluding carboxylic acids is 2. The summed E-state index contributed by atoms with van der Waals surface area (Å²) in [5.41, 5.74) is 0.616. The monoisotopic (exact) mass is 502 g/mol. The summed E-state index contributed by atoms with van der Waals surface area (Å²) >= 11 is 6.15. The highest BCUT2D eigenvalue weighted by molar-refractivity contribution is 7.92. The summed E-state index contributed by atoms with van der Waals surface area (Å²) in [7, 11) is -2.60. The number of benzene rings is 3. The van der Waals surface area contributed by atoms with E-state index in [-0.39, 0.29) is 22.0 Å². The van der Waals surface area contributed by atoms with Crippen molar-refractivity contribution in [3.05, 3.63) is 83.4 Å². The largest absolute Gasteiger partial charge is 0.465 e. The van der Waals surface area contributed by atoms with Gasteiger partial charge in [0.25, 0.3) is 0 Å². The van der Waals surface area contributed by atoms with Crippen molar-refractivity contribution in [3.63, 3.8) is 0 Å². The SMILES string of the molecule is COC(=O)c1ccc(Cl)c(NC(=O)[C@H](C)N(c2ccc(Oc3ccccc3)cc2)S(C)(=O)=O)c1. The second kappa shape index (κ2) is 10.6. The first-order chi connectivity index (χ1) is 16.1. The molecular formula is C24H23ClN2O6S. The molecule has 0 fully saturated rings. The van der Waals surface area contributed by atoms with Crippen LogP contribution in [0.2, 0.25) is 5.02 Å². The second-order valence-corrected chi connectivity index (χ2v) is 9.59. The molecule has 10 heteroatoms. The van der Waals surface area contributed by atoms with E-state index >= 15 is 0 Å². The van der Waals surface area contributed by atoms with Gasteiger partial charge in [0.2, 0.25) is 15.9 Å². The molecule has 3 aromatic carbocycles. The van der Waals surface area contributed by atoms with Crippen LogP contribution in [0.25, 0.3) is 0 Å². The maximum atomic E-state index is 13.0. The highest BCUT2D eigenvalue weighted by atomic mass is 35.5. The van der Waals surface area contributed by atoms with Crippen LogP contribution in [0, 0.1) is 0 Å². The fraction of sp³-hybridized carbons (Fsp3) is 0.167. The summed E-state index contributed by atoms with van der Waals surface area (Å²) in [4.78, 5) is 24.8. The number of hydrogen-bond donors (Lipinski definition) is 1. The zero-order chi connectivity index (χ0) is 24.9. The normalized spacial score (nSPS) is 11.9. The van der Waals surface area contributed by atoms with Crippen LogP contribution in [0.4, 0.5) is 11.4 Å². The highest BCUT2D eigenvalue weighted by Gasteiger charge is 2.29. The van der Waals surface area contributed by atoms with Gasteiger partial charge >= 0.3 is 5.97 Å². The van der Waals surface area contributed by atoms with Gasteiger partial charge in [0.1, 0.15) is 17.5 Å². The van der Waals surface area contributed by atoms with Crippen LogP contribution >= 0.6 is 11.6 Å². The minimum absolute atomic E-state index is 0.154. The van der Waals surface area contributed by atoms with E-state index in [4.69, 9.17) is 16.3 Å².